The van der Waals surface area contributed by atoms with Crippen molar-refractivity contribution in [3.05, 3.63) is 17.7 Å². The van der Waals surface area contributed by atoms with Crippen molar-refractivity contribution in [2.45, 2.75) is 135 Å². The van der Waals surface area contributed by atoms with Gasteiger partial charge in [-0.1, -0.05) is 13.3 Å². The highest BCUT2D eigenvalue weighted by molar-refractivity contribution is 5.84. The highest BCUT2D eigenvalue weighted by Crippen LogP contribution is 2.37. The van der Waals surface area contributed by atoms with Crippen molar-refractivity contribution in [2.75, 3.05) is 20.3 Å². The molecule has 2 fully saturated rings. The lowest BCUT2D eigenvalue weighted by molar-refractivity contribution is -0.148. The molecule has 2 aliphatic heterocycles. The Hall–Kier alpha value is -1.78. The highest BCUT2D eigenvalue weighted by atomic mass is 16.5. The number of aliphatic hydroxyl groups excluding tert-OH is 2. The fourth-order valence-corrected chi connectivity index (χ4v) is 7.35. The number of nitrogens with one attached hydrogen (secondary N) is 1. The number of aliphatic hydroxyl groups is 2. The molecule has 1 saturated carbocycles. The molecule has 5 N–H and O–H groups in total. The van der Waals surface area contributed by atoms with E-state index in [1.807, 2.05) is 12.8 Å². The number of rotatable bonds is 19. The van der Waals surface area contributed by atoms with E-state index in [-0.39, 0.29) is 37.0 Å². The van der Waals surface area contributed by atoms with Crippen molar-refractivity contribution in [1.29, 1.82) is 0 Å². The lowest BCUT2D eigenvalue weighted by Gasteiger charge is -2.33. The molecule has 0 bridgehead atoms. The van der Waals surface area contributed by atoms with Crippen LogP contribution in [0.2, 0.25) is 0 Å². The van der Waals surface area contributed by atoms with Gasteiger partial charge in [-0.3, -0.25) is 9.59 Å². The number of allylic oxidation sites excluding steroid dienone is 1. The first-order valence-electron chi connectivity index (χ1n) is 16.8. The Labute approximate surface area is 259 Å². The van der Waals surface area contributed by atoms with E-state index in [1.165, 1.54) is 18.1 Å². The summed E-state index contributed by atoms with van der Waals surface area (Å²) in [6.45, 7) is 6.77. The maximum Gasteiger partial charge on any atom is 0.302 e. The molecule has 8 unspecified atom stereocenters. The molecule has 43 heavy (non-hydrogen) atoms. The average molecular weight is 605 g/mol. The van der Waals surface area contributed by atoms with Crippen LogP contribution in [-0.2, 0) is 19.1 Å². The molecular formula is C34H58N3O6+. The predicted molar refractivity (Wildman–Crippen MR) is 169 cm³/mol. The molecule has 9 nitrogen and oxygen atoms in total. The summed E-state index contributed by atoms with van der Waals surface area (Å²) in [4.78, 5) is 29.3. The summed E-state index contributed by atoms with van der Waals surface area (Å²) < 4.78 is 11.0. The summed E-state index contributed by atoms with van der Waals surface area (Å²) in [5.41, 5.74) is 8.81. The number of hydrogen-bond acceptors (Lipinski definition) is 9. The van der Waals surface area contributed by atoms with Crippen molar-refractivity contribution < 1.29 is 29.3 Å². The monoisotopic (exact) mass is 604 g/mol. The normalized spacial score (nSPS) is 27.9. The van der Waals surface area contributed by atoms with Gasteiger partial charge in [0.05, 0.1) is 23.9 Å². The number of piperidine rings is 1. The number of ketones is 1. The fraction of sp³-hybridized carbons (Fsp3) is 0.824. The molecule has 0 radical (unpaired) electrons. The van der Waals surface area contributed by atoms with Gasteiger partial charge in [0.2, 0.25) is 0 Å². The first-order valence-corrected chi connectivity index (χ1v) is 16.8. The van der Waals surface area contributed by atoms with E-state index in [4.69, 9.17) is 15.2 Å². The van der Waals surface area contributed by atoms with Crippen LogP contribution in [0.25, 0.3) is 0 Å². The summed E-state index contributed by atoms with van der Waals surface area (Å²) in [7, 11) is 1.63. The van der Waals surface area contributed by atoms with Gasteiger partial charge in [-0.25, -0.2) is 0 Å². The maximum absolute atomic E-state index is 12.9. The Morgan fingerprint density at radius 2 is 2.00 bits per heavy atom. The number of nitrogens with zero attached hydrogens (tertiary/aromatic N) is 1. The first-order chi connectivity index (χ1) is 20.7. The number of hydrogen-bond donors (Lipinski definition) is 4. The zero-order chi connectivity index (χ0) is 31.2. The Morgan fingerprint density at radius 3 is 2.70 bits per heavy atom. The van der Waals surface area contributed by atoms with E-state index in [2.05, 4.69) is 17.2 Å². The second-order valence-electron chi connectivity index (χ2n) is 13.2. The van der Waals surface area contributed by atoms with Crippen molar-refractivity contribution in [3.8, 4) is 0 Å². The molecule has 0 amide bonds. The number of ether oxygens (including phenoxy) is 2. The minimum absolute atomic E-state index is 0.0402. The molecule has 1 saturated heterocycles. The molecule has 8 atom stereocenters. The van der Waals surface area contributed by atoms with Crippen LogP contribution in [0.15, 0.2) is 16.1 Å². The van der Waals surface area contributed by atoms with Crippen LogP contribution in [-0.4, -0.2) is 72.9 Å². The summed E-state index contributed by atoms with van der Waals surface area (Å²) in [5.74, 6) is 1.58. The number of esters is 1. The van der Waals surface area contributed by atoms with Crippen LogP contribution in [0.1, 0.15) is 110 Å². The van der Waals surface area contributed by atoms with E-state index in [0.29, 0.717) is 42.9 Å². The smallest absolute Gasteiger partial charge is 0.302 e. The third-order valence-corrected chi connectivity index (χ3v) is 10.0. The maximum atomic E-state index is 12.9. The van der Waals surface area contributed by atoms with E-state index < -0.39 is 12.2 Å². The van der Waals surface area contributed by atoms with Crippen LogP contribution in [0.3, 0.4) is 0 Å². The molecule has 2 heterocycles. The van der Waals surface area contributed by atoms with Gasteiger partial charge >= 0.3 is 5.97 Å². The lowest BCUT2D eigenvalue weighted by atomic mass is 9.77. The van der Waals surface area contributed by atoms with Gasteiger partial charge in [0.25, 0.3) is 0 Å². The third kappa shape index (κ3) is 12.3. The summed E-state index contributed by atoms with van der Waals surface area (Å²) in [5, 5.41) is 22.9. The number of aliphatic imine (C=N–C) groups is 1. The number of carbonyl (C=O) groups excluding carboxylic acids is 2. The van der Waals surface area contributed by atoms with Gasteiger partial charge in [-0.05, 0) is 94.4 Å². The Balaban J connectivity index is 1.53. The van der Waals surface area contributed by atoms with Crippen molar-refractivity contribution in [3.63, 3.8) is 0 Å². The van der Waals surface area contributed by atoms with Crippen LogP contribution in [0.4, 0.5) is 0 Å². The van der Waals surface area contributed by atoms with Gasteiger partial charge in [0.15, 0.2) is 6.21 Å². The molecule has 0 spiro atoms. The van der Waals surface area contributed by atoms with E-state index in [0.717, 1.165) is 77.2 Å². The van der Waals surface area contributed by atoms with Crippen LogP contribution in [0, 0.1) is 30.2 Å². The van der Waals surface area contributed by atoms with E-state index in [1.54, 1.807) is 7.11 Å². The topological polar surface area (TPSA) is 143 Å². The number of nitrogens with two attached hydrogens (primary N) is 1. The van der Waals surface area contributed by atoms with Gasteiger partial charge in [-0.2, -0.15) is 0 Å². The van der Waals surface area contributed by atoms with Gasteiger partial charge < -0.3 is 30.7 Å². The Bertz CT molecular complexity index is 924. The summed E-state index contributed by atoms with van der Waals surface area (Å²) in [6, 6.07) is 0. The highest BCUT2D eigenvalue weighted by Gasteiger charge is 2.33. The second kappa shape index (κ2) is 18.9. The van der Waals surface area contributed by atoms with E-state index in [9.17, 15) is 19.8 Å². The van der Waals surface area contributed by atoms with Crippen LogP contribution >= 0.6 is 0 Å². The Kier molecular flexibility index (Phi) is 15.7. The molecule has 9 heteroatoms. The fourth-order valence-electron chi connectivity index (χ4n) is 7.35. The minimum atomic E-state index is -0.418. The molecule has 0 aromatic carbocycles. The van der Waals surface area contributed by atoms with Gasteiger partial charge in [0, 0.05) is 46.3 Å². The molecular weight excluding hydrogens is 546 g/mol. The van der Waals surface area contributed by atoms with Crippen molar-refractivity contribution >= 4 is 18.0 Å². The zero-order valence-corrected chi connectivity index (χ0v) is 26.8. The third-order valence-electron chi connectivity index (χ3n) is 10.0. The van der Waals surface area contributed by atoms with Crippen LogP contribution in [0.5, 0.6) is 0 Å². The zero-order valence-electron chi connectivity index (χ0n) is 26.8. The van der Waals surface area contributed by atoms with E-state index >= 15 is 0 Å². The molecule has 3 aliphatic rings. The second-order valence-corrected chi connectivity index (χ2v) is 13.2. The first kappa shape index (κ1) is 35.7. The largest absolute Gasteiger partial charge is 0.462 e. The van der Waals surface area contributed by atoms with Crippen LogP contribution < -0.4 is 11.1 Å². The standard InChI is InChI=1S/C34H58N3O6/c1-4-24(16-28-21-36-22-29(28)18-26(6-5-15-38)27-13-14-37-34(35)19-27)8-11-31(43-23(2)39)20-30(40)10-7-25-9-12-32(41)33(17-25)42-3/h21-22,24-27,31-34,37-38,41H,4-20,35H2,1-3H3/q+1. The average Bonchev–Trinajstić information content (AvgIpc) is 3.42. The molecule has 1 aliphatic carbocycles. The number of Topliss-reactive ketones (excluding diaryl/α,β-unsaturated/α-hetero) is 1. The molecule has 3 rings (SSSR count). The molecule has 0 aromatic rings. The predicted octanol–water partition coefficient (Wildman–Crippen LogP) is 4.64. The van der Waals surface area contributed by atoms with Gasteiger partial charge in [0.1, 0.15) is 24.0 Å². The number of methoxy groups -OCH3 is 1. The summed E-state index contributed by atoms with van der Waals surface area (Å²) in [6.07, 6.45) is 13.3. The molecule has 0 aromatic heterocycles. The number of carbonyl (C=O) groups is 2. The Morgan fingerprint density at radius 1 is 1.19 bits per heavy atom. The molecule has 244 valence electrons. The lowest BCUT2D eigenvalue weighted by Crippen LogP contribution is -2.45. The van der Waals surface area contributed by atoms with Crippen molar-refractivity contribution in [2.24, 2.45) is 34.4 Å². The SMILES string of the molecule is CCC(CCC(CC(=O)CCC1CCC(O)C(OC)C1)OC(C)=O)CC1=C(CC(CCCO)C2CCNC(N)C2)[CH+]N=C1. The summed E-state index contributed by atoms with van der Waals surface area (Å²) >= 11 is 0. The minimum Gasteiger partial charge on any atom is -0.462 e. The quantitative estimate of drug-likeness (QED) is 0.123. The van der Waals surface area contributed by atoms with Crippen molar-refractivity contribution in [1.82, 2.24) is 5.32 Å². The van der Waals surface area contributed by atoms with Gasteiger partial charge in [-0.15, -0.1) is 4.99 Å².